The third kappa shape index (κ3) is 3.71. The van der Waals surface area contributed by atoms with Gasteiger partial charge in [0.05, 0.1) is 13.7 Å². The minimum Gasteiger partial charge on any atom is -0.496 e. The van der Waals surface area contributed by atoms with Gasteiger partial charge in [-0.25, -0.2) is 4.98 Å². The van der Waals surface area contributed by atoms with Gasteiger partial charge in [0.1, 0.15) is 18.4 Å². The Kier molecular flexibility index (Phi) is 4.95. The number of nitrogens with zero attached hydrogens (tertiary/aromatic N) is 3. The molecule has 2 N–H and O–H groups in total. The zero-order valence-corrected chi connectivity index (χ0v) is 11.8. The molecule has 1 aromatic heterocycles. The fourth-order valence-electron chi connectivity index (χ4n) is 2.02. The van der Waals surface area contributed by atoms with Gasteiger partial charge in [-0.3, -0.25) is 4.68 Å². The monoisotopic (exact) mass is 276 g/mol. The quantitative estimate of drug-likeness (QED) is 0.805. The van der Waals surface area contributed by atoms with Crippen molar-refractivity contribution in [1.82, 2.24) is 14.8 Å². The van der Waals surface area contributed by atoms with Crippen LogP contribution in [-0.4, -0.2) is 33.0 Å². The third-order valence-corrected chi connectivity index (χ3v) is 3.12. The molecule has 1 aromatic carbocycles. The smallest absolute Gasteiger partial charge is 0.137 e. The average molecular weight is 276 g/mol. The molecule has 1 unspecified atom stereocenters. The number of benzene rings is 1. The Morgan fingerprint density at radius 1 is 1.45 bits per heavy atom. The van der Waals surface area contributed by atoms with Gasteiger partial charge >= 0.3 is 0 Å². The second kappa shape index (κ2) is 6.91. The van der Waals surface area contributed by atoms with Crippen molar-refractivity contribution in [2.45, 2.75) is 32.5 Å². The van der Waals surface area contributed by atoms with Crippen molar-refractivity contribution in [3.8, 4) is 5.75 Å². The number of hydrogen-bond acceptors (Lipinski definition) is 5. The standard InChI is InChI=1S/C14H20N4O2/c1-11(5-6-18-10-15-9-16-18)17-13-3-4-14(20-2)12(7-13)8-19/h3-4,7,9-11,17,19H,5-6,8H2,1-2H3. The highest BCUT2D eigenvalue weighted by Crippen LogP contribution is 2.23. The Morgan fingerprint density at radius 3 is 2.95 bits per heavy atom. The van der Waals surface area contributed by atoms with E-state index >= 15 is 0 Å². The highest BCUT2D eigenvalue weighted by atomic mass is 16.5. The molecule has 108 valence electrons. The maximum absolute atomic E-state index is 9.31. The van der Waals surface area contributed by atoms with Crippen LogP contribution in [0.3, 0.4) is 0 Å². The molecule has 0 radical (unpaired) electrons. The van der Waals surface area contributed by atoms with Crippen LogP contribution in [0, 0.1) is 0 Å². The Labute approximate surface area is 118 Å². The van der Waals surface area contributed by atoms with Gasteiger partial charge in [-0.15, -0.1) is 0 Å². The summed E-state index contributed by atoms with van der Waals surface area (Å²) < 4.78 is 7.00. The highest BCUT2D eigenvalue weighted by molar-refractivity contribution is 5.51. The van der Waals surface area contributed by atoms with Crippen LogP contribution in [-0.2, 0) is 13.2 Å². The summed E-state index contributed by atoms with van der Waals surface area (Å²) in [5.74, 6) is 0.702. The van der Waals surface area contributed by atoms with Gasteiger partial charge in [0.25, 0.3) is 0 Å². The third-order valence-electron chi connectivity index (χ3n) is 3.12. The first-order valence-electron chi connectivity index (χ1n) is 6.59. The largest absolute Gasteiger partial charge is 0.496 e. The van der Waals surface area contributed by atoms with Crippen LogP contribution in [0.2, 0.25) is 0 Å². The molecule has 20 heavy (non-hydrogen) atoms. The van der Waals surface area contributed by atoms with E-state index in [9.17, 15) is 5.11 Å². The summed E-state index contributed by atoms with van der Waals surface area (Å²) in [7, 11) is 1.60. The topological polar surface area (TPSA) is 72.2 Å². The number of rotatable bonds is 7. The fourth-order valence-corrected chi connectivity index (χ4v) is 2.02. The summed E-state index contributed by atoms with van der Waals surface area (Å²) in [5.41, 5.74) is 1.75. The molecule has 1 heterocycles. The molecule has 1 atom stereocenters. The Morgan fingerprint density at radius 2 is 2.30 bits per heavy atom. The molecule has 0 saturated carbocycles. The summed E-state index contributed by atoms with van der Waals surface area (Å²) in [4.78, 5) is 3.92. The SMILES string of the molecule is COc1ccc(NC(C)CCn2cncn2)cc1CO. The number of aromatic nitrogens is 3. The van der Waals surface area contributed by atoms with Crippen LogP contribution in [0.15, 0.2) is 30.9 Å². The van der Waals surface area contributed by atoms with E-state index in [4.69, 9.17) is 4.74 Å². The average Bonchev–Trinajstić information content (AvgIpc) is 2.98. The Balaban J connectivity index is 1.91. The van der Waals surface area contributed by atoms with E-state index in [2.05, 4.69) is 22.3 Å². The minimum atomic E-state index is -0.0357. The number of hydrogen-bond donors (Lipinski definition) is 2. The second-order valence-electron chi connectivity index (χ2n) is 4.68. The number of anilines is 1. The molecule has 6 nitrogen and oxygen atoms in total. The van der Waals surface area contributed by atoms with Gasteiger partial charge in [0.2, 0.25) is 0 Å². The second-order valence-corrected chi connectivity index (χ2v) is 4.68. The first-order valence-corrected chi connectivity index (χ1v) is 6.59. The summed E-state index contributed by atoms with van der Waals surface area (Å²) in [6, 6.07) is 6.01. The first-order chi connectivity index (χ1) is 9.72. The van der Waals surface area contributed by atoms with E-state index < -0.39 is 0 Å². The normalized spacial score (nSPS) is 12.2. The molecule has 2 aromatic rings. The summed E-state index contributed by atoms with van der Waals surface area (Å²) in [6.07, 6.45) is 4.18. The molecule has 0 aliphatic rings. The molecular formula is C14H20N4O2. The zero-order valence-electron chi connectivity index (χ0n) is 11.8. The van der Waals surface area contributed by atoms with Crippen LogP contribution in [0.1, 0.15) is 18.9 Å². The molecule has 0 spiro atoms. The van der Waals surface area contributed by atoms with Gasteiger partial charge in [0, 0.05) is 23.8 Å². The van der Waals surface area contributed by atoms with E-state index in [0.29, 0.717) is 11.8 Å². The molecule has 0 aliphatic carbocycles. The Bertz CT molecular complexity index is 528. The lowest BCUT2D eigenvalue weighted by atomic mass is 10.1. The lowest BCUT2D eigenvalue weighted by Gasteiger charge is -2.16. The predicted octanol–water partition coefficient (Wildman–Crippen LogP) is 1.67. The zero-order chi connectivity index (χ0) is 14.4. The maximum atomic E-state index is 9.31. The molecule has 6 heteroatoms. The van der Waals surface area contributed by atoms with Gasteiger partial charge < -0.3 is 15.2 Å². The molecule has 0 bridgehead atoms. The summed E-state index contributed by atoms with van der Waals surface area (Å²) >= 11 is 0. The van der Waals surface area contributed by atoms with E-state index in [0.717, 1.165) is 24.2 Å². The molecular weight excluding hydrogens is 256 g/mol. The molecule has 0 saturated heterocycles. The number of nitrogens with one attached hydrogen (secondary N) is 1. The van der Waals surface area contributed by atoms with Crippen molar-refractivity contribution >= 4 is 5.69 Å². The van der Waals surface area contributed by atoms with Gasteiger partial charge in [-0.2, -0.15) is 5.10 Å². The lowest BCUT2D eigenvalue weighted by molar-refractivity contribution is 0.274. The molecule has 0 amide bonds. The van der Waals surface area contributed by atoms with Crippen molar-refractivity contribution in [2.24, 2.45) is 0 Å². The maximum Gasteiger partial charge on any atom is 0.137 e. The number of aryl methyl sites for hydroxylation is 1. The van der Waals surface area contributed by atoms with E-state index in [1.165, 1.54) is 6.33 Å². The number of methoxy groups -OCH3 is 1. The van der Waals surface area contributed by atoms with E-state index in [-0.39, 0.29) is 6.61 Å². The van der Waals surface area contributed by atoms with Gasteiger partial charge in [-0.1, -0.05) is 0 Å². The van der Waals surface area contributed by atoms with Crippen LogP contribution < -0.4 is 10.1 Å². The van der Waals surface area contributed by atoms with Crippen molar-refractivity contribution < 1.29 is 9.84 Å². The summed E-state index contributed by atoms with van der Waals surface area (Å²) in [5, 5.41) is 16.8. The minimum absolute atomic E-state index is 0.0357. The van der Waals surface area contributed by atoms with Crippen LogP contribution in [0.5, 0.6) is 5.75 Å². The van der Waals surface area contributed by atoms with Crippen molar-refractivity contribution in [1.29, 1.82) is 0 Å². The van der Waals surface area contributed by atoms with E-state index in [1.807, 2.05) is 22.9 Å². The molecule has 0 fully saturated rings. The van der Waals surface area contributed by atoms with Gasteiger partial charge in [0.15, 0.2) is 0 Å². The number of ether oxygens (including phenoxy) is 1. The van der Waals surface area contributed by atoms with Crippen molar-refractivity contribution in [2.75, 3.05) is 12.4 Å². The predicted molar refractivity (Wildman–Crippen MR) is 76.6 cm³/mol. The number of aliphatic hydroxyl groups is 1. The lowest BCUT2D eigenvalue weighted by Crippen LogP contribution is -2.18. The van der Waals surface area contributed by atoms with Crippen LogP contribution >= 0.6 is 0 Å². The molecule has 0 aliphatic heterocycles. The summed E-state index contributed by atoms with van der Waals surface area (Å²) in [6.45, 7) is 2.89. The highest BCUT2D eigenvalue weighted by Gasteiger charge is 2.06. The first kappa shape index (κ1) is 14.3. The number of aliphatic hydroxyl groups excluding tert-OH is 1. The van der Waals surface area contributed by atoms with Gasteiger partial charge in [-0.05, 0) is 31.5 Å². The molecule has 2 rings (SSSR count). The van der Waals surface area contributed by atoms with Crippen LogP contribution in [0.4, 0.5) is 5.69 Å². The fraction of sp³-hybridized carbons (Fsp3) is 0.429. The van der Waals surface area contributed by atoms with Crippen molar-refractivity contribution in [3.63, 3.8) is 0 Å². The van der Waals surface area contributed by atoms with E-state index in [1.54, 1.807) is 13.4 Å². The van der Waals surface area contributed by atoms with Crippen molar-refractivity contribution in [3.05, 3.63) is 36.4 Å². The van der Waals surface area contributed by atoms with Crippen LogP contribution in [0.25, 0.3) is 0 Å². The Hall–Kier alpha value is -2.08.